The maximum atomic E-state index is 12.0. The van der Waals surface area contributed by atoms with Crippen LogP contribution in [0.4, 0.5) is 5.95 Å². The minimum atomic E-state index is -0.350. The molecule has 0 aliphatic rings. The van der Waals surface area contributed by atoms with Crippen molar-refractivity contribution < 1.29 is 9.21 Å². The highest BCUT2D eigenvalue weighted by atomic mass is 16.3. The summed E-state index contributed by atoms with van der Waals surface area (Å²) in [5.74, 6) is 0.316. The Morgan fingerprint density at radius 1 is 1.29 bits per heavy atom. The summed E-state index contributed by atoms with van der Waals surface area (Å²) in [6.07, 6.45) is 3.04. The second-order valence-electron chi connectivity index (χ2n) is 4.16. The third-order valence-electron chi connectivity index (χ3n) is 2.78. The van der Waals surface area contributed by atoms with Crippen LogP contribution in [0.5, 0.6) is 0 Å². The third kappa shape index (κ3) is 2.64. The second kappa shape index (κ2) is 5.30. The third-order valence-corrected chi connectivity index (χ3v) is 2.78. The summed E-state index contributed by atoms with van der Waals surface area (Å²) in [7, 11) is 0. The zero-order chi connectivity index (χ0) is 14.7. The first-order valence-electron chi connectivity index (χ1n) is 6.03. The van der Waals surface area contributed by atoms with Gasteiger partial charge in [-0.1, -0.05) is 0 Å². The Kier molecular flexibility index (Phi) is 3.19. The molecule has 0 aliphatic carbocycles. The predicted molar refractivity (Wildman–Crippen MR) is 73.2 cm³/mol. The quantitative estimate of drug-likeness (QED) is 0.764. The maximum Gasteiger partial charge on any atom is 0.258 e. The molecule has 102 valence electrons. The van der Waals surface area contributed by atoms with Crippen LogP contribution < -0.4 is 5.32 Å². The van der Waals surface area contributed by atoms with Crippen molar-refractivity contribution in [2.24, 2.45) is 0 Å². The molecule has 2 heterocycles. The molecule has 3 rings (SSSR count). The number of nitriles is 1. The number of carbonyl (C=O) groups excluding carboxylic acids is 1. The molecule has 7 heteroatoms. The number of furan rings is 1. The van der Waals surface area contributed by atoms with E-state index in [1.54, 1.807) is 30.3 Å². The smallest absolute Gasteiger partial charge is 0.258 e. The molecule has 2 aromatic heterocycles. The van der Waals surface area contributed by atoms with Gasteiger partial charge in [0, 0.05) is 5.56 Å². The number of anilines is 1. The fourth-order valence-corrected chi connectivity index (χ4v) is 1.72. The van der Waals surface area contributed by atoms with Crippen LogP contribution in [0, 0.1) is 11.3 Å². The number of H-pyrrole nitrogens is 1. The average Bonchev–Trinajstić information content (AvgIpc) is 3.18. The first-order valence-corrected chi connectivity index (χ1v) is 6.03. The van der Waals surface area contributed by atoms with Gasteiger partial charge in [0.05, 0.1) is 23.5 Å². The van der Waals surface area contributed by atoms with Crippen LogP contribution in [0.25, 0.3) is 11.4 Å². The van der Waals surface area contributed by atoms with Gasteiger partial charge in [-0.25, -0.2) is 0 Å². The van der Waals surface area contributed by atoms with Crippen molar-refractivity contribution in [2.45, 2.75) is 0 Å². The van der Waals surface area contributed by atoms with Gasteiger partial charge >= 0.3 is 0 Å². The lowest BCUT2D eigenvalue weighted by molar-refractivity contribution is 0.102. The number of hydrogen-bond acceptors (Lipinski definition) is 5. The number of amides is 1. The van der Waals surface area contributed by atoms with E-state index in [1.165, 1.54) is 12.5 Å². The lowest BCUT2D eigenvalue weighted by Crippen LogP contribution is -2.12. The highest BCUT2D eigenvalue weighted by molar-refractivity contribution is 6.03. The van der Waals surface area contributed by atoms with E-state index in [4.69, 9.17) is 9.68 Å². The lowest BCUT2D eigenvalue weighted by atomic mass is 10.1. The number of nitrogens with one attached hydrogen (secondary N) is 2. The Morgan fingerprint density at radius 2 is 2.10 bits per heavy atom. The Hall–Kier alpha value is -3.40. The van der Waals surface area contributed by atoms with Crippen LogP contribution in [-0.2, 0) is 0 Å². The van der Waals surface area contributed by atoms with Crippen LogP contribution in [-0.4, -0.2) is 21.1 Å². The van der Waals surface area contributed by atoms with Gasteiger partial charge in [0.1, 0.15) is 6.26 Å². The van der Waals surface area contributed by atoms with Crippen molar-refractivity contribution in [3.05, 3.63) is 54.0 Å². The molecule has 0 aliphatic heterocycles. The molecule has 0 atom stereocenters. The summed E-state index contributed by atoms with van der Waals surface area (Å²) in [5, 5.41) is 17.9. The van der Waals surface area contributed by atoms with Gasteiger partial charge < -0.3 is 4.42 Å². The van der Waals surface area contributed by atoms with Crippen LogP contribution in [0.15, 0.2) is 47.3 Å². The summed E-state index contributed by atoms with van der Waals surface area (Å²) >= 11 is 0. The minimum Gasteiger partial charge on any atom is -0.472 e. The molecule has 1 amide bonds. The standard InChI is InChI=1S/C14H9N5O2/c15-7-9-1-3-10(4-2-9)13(20)17-14-16-12(18-19-14)11-5-6-21-8-11/h1-6,8H,(H2,16,17,18,19,20). The van der Waals surface area contributed by atoms with E-state index in [0.717, 1.165) is 5.56 Å². The lowest BCUT2D eigenvalue weighted by Gasteiger charge is -2.00. The zero-order valence-electron chi connectivity index (χ0n) is 10.7. The number of aromatic nitrogens is 3. The van der Waals surface area contributed by atoms with Gasteiger partial charge in [-0.15, -0.1) is 5.10 Å². The van der Waals surface area contributed by atoms with Crippen molar-refractivity contribution in [3.8, 4) is 17.5 Å². The Bertz CT molecular complexity index is 797. The van der Waals surface area contributed by atoms with Crippen molar-refractivity contribution in [1.29, 1.82) is 5.26 Å². The Labute approximate surface area is 119 Å². The Morgan fingerprint density at radius 3 is 2.76 bits per heavy atom. The van der Waals surface area contributed by atoms with E-state index in [9.17, 15) is 4.79 Å². The first-order chi connectivity index (χ1) is 10.3. The van der Waals surface area contributed by atoms with Crippen molar-refractivity contribution in [2.75, 3.05) is 5.32 Å². The molecule has 0 radical (unpaired) electrons. The van der Waals surface area contributed by atoms with E-state index in [2.05, 4.69) is 20.5 Å². The number of nitrogens with zero attached hydrogens (tertiary/aromatic N) is 3. The molecule has 0 bridgehead atoms. The van der Waals surface area contributed by atoms with E-state index in [-0.39, 0.29) is 11.9 Å². The highest BCUT2D eigenvalue weighted by Gasteiger charge is 2.11. The van der Waals surface area contributed by atoms with Gasteiger partial charge in [-0.05, 0) is 30.3 Å². The molecular formula is C14H9N5O2. The van der Waals surface area contributed by atoms with Crippen molar-refractivity contribution in [1.82, 2.24) is 15.2 Å². The molecule has 3 aromatic rings. The normalized spacial score (nSPS) is 10.0. The first kappa shape index (κ1) is 12.6. The highest BCUT2D eigenvalue weighted by Crippen LogP contribution is 2.16. The summed E-state index contributed by atoms with van der Waals surface area (Å²) in [4.78, 5) is 16.1. The molecule has 0 fully saturated rings. The molecule has 0 saturated heterocycles. The van der Waals surface area contributed by atoms with Crippen molar-refractivity contribution in [3.63, 3.8) is 0 Å². The summed E-state index contributed by atoms with van der Waals surface area (Å²) in [6.45, 7) is 0. The van der Waals surface area contributed by atoms with Crippen molar-refractivity contribution >= 4 is 11.9 Å². The van der Waals surface area contributed by atoms with E-state index >= 15 is 0 Å². The van der Waals surface area contributed by atoms with E-state index in [1.807, 2.05) is 6.07 Å². The molecule has 0 saturated carbocycles. The summed E-state index contributed by atoms with van der Waals surface area (Å²) < 4.78 is 4.95. The summed E-state index contributed by atoms with van der Waals surface area (Å²) in [6, 6.07) is 10.0. The number of rotatable bonds is 3. The number of aromatic amines is 1. The van der Waals surface area contributed by atoms with E-state index < -0.39 is 0 Å². The Balaban J connectivity index is 1.74. The molecule has 2 N–H and O–H groups in total. The molecule has 7 nitrogen and oxygen atoms in total. The molecular weight excluding hydrogens is 270 g/mol. The van der Waals surface area contributed by atoms with Gasteiger partial charge in [-0.2, -0.15) is 10.2 Å². The second-order valence-corrected chi connectivity index (χ2v) is 4.16. The molecule has 0 spiro atoms. The van der Waals surface area contributed by atoms with Gasteiger partial charge in [0.2, 0.25) is 5.95 Å². The number of carbonyl (C=O) groups is 1. The van der Waals surface area contributed by atoms with Crippen LogP contribution in [0.1, 0.15) is 15.9 Å². The fraction of sp³-hybridized carbons (Fsp3) is 0. The average molecular weight is 279 g/mol. The van der Waals surface area contributed by atoms with Crippen LogP contribution in [0.2, 0.25) is 0 Å². The zero-order valence-corrected chi connectivity index (χ0v) is 10.7. The van der Waals surface area contributed by atoms with Gasteiger partial charge in [0.25, 0.3) is 5.91 Å². The van der Waals surface area contributed by atoms with Crippen LogP contribution in [0.3, 0.4) is 0 Å². The summed E-state index contributed by atoms with van der Waals surface area (Å²) in [5.41, 5.74) is 1.65. The van der Waals surface area contributed by atoms with Crippen LogP contribution >= 0.6 is 0 Å². The minimum absolute atomic E-state index is 0.167. The topological polar surface area (TPSA) is 108 Å². The predicted octanol–water partition coefficient (Wildman–Crippen LogP) is 2.19. The largest absolute Gasteiger partial charge is 0.472 e. The fourth-order valence-electron chi connectivity index (χ4n) is 1.72. The SMILES string of the molecule is N#Cc1ccc(C(=O)Nc2n[nH]c(-c3ccoc3)n2)cc1. The monoisotopic (exact) mass is 279 g/mol. The van der Waals surface area contributed by atoms with Gasteiger partial charge in [0.15, 0.2) is 5.82 Å². The molecule has 21 heavy (non-hydrogen) atoms. The molecule has 0 unspecified atom stereocenters. The van der Waals surface area contributed by atoms with Gasteiger partial charge in [-0.3, -0.25) is 15.2 Å². The molecule has 1 aromatic carbocycles. The number of benzene rings is 1. The number of hydrogen-bond donors (Lipinski definition) is 2. The van der Waals surface area contributed by atoms with E-state index in [0.29, 0.717) is 17.0 Å². The maximum absolute atomic E-state index is 12.0.